The van der Waals surface area contributed by atoms with Crippen LogP contribution >= 0.6 is 0 Å². The second-order valence-corrected chi connectivity index (χ2v) is 13.6. The van der Waals surface area contributed by atoms with Crippen LogP contribution in [0.1, 0.15) is 106 Å². The summed E-state index contributed by atoms with van der Waals surface area (Å²) in [5, 5.41) is 0. The van der Waals surface area contributed by atoms with Crippen molar-refractivity contribution in [3.8, 4) is 0 Å². The first-order valence-electron chi connectivity index (χ1n) is 13.7. The molecule has 184 valence electrons. The van der Waals surface area contributed by atoms with E-state index in [1.165, 1.54) is 56.9 Å². The van der Waals surface area contributed by atoms with E-state index in [4.69, 9.17) is 9.47 Å². The summed E-state index contributed by atoms with van der Waals surface area (Å²) in [6, 6.07) is 0. The molecule has 4 aliphatic carbocycles. The van der Waals surface area contributed by atoms with E-state index in [1.54, 1.807) is 14.2 Å². The van der Waals surface area contributed by atoms with Crippen molar-refractivity contribution in [3.63, 3.8) is 0 Å². The maximum absolute atomic E-state index is 5.55. The second kappa shape index (κ2) is 8.40. The quantitative estimate of drug-likeness (QED) is 0.303. The Morgan fingerprint density at radius 2 is 1.41 bits per heavy atom. The summed E-state index contributed by atoms with van der Waals surface area (Å²) in [6.07, 6.45) is 13.2. The molecular formula is C30H52O2. The molecule has 0 aromatic carbocycles. The number of methoxy groups -OCH3 is 2. The van der Waals surface area contributed by atoms with Gasteiger partial charge in [0.05, 0.1) is 0 Å². The van der Waals surface area contributed by atoms with Crippen LogP contribution in [0.15, 0.2) is 12.2 Å². The van der Waals surface area contributed by atoms with E-state index >= 15 is 0 Å². The Morgan fingerprint density at radius 1 is 0.844 bits per heavy atom. The molecule has 4 saturated carbocycles. The van der Waals surface area contributed by atoms with E-state index in [0.717, 1.165) is 36.5 Å². The van der Waals surface area contributed by atoms with Gasteiger partial charge in [0.2, 0.25) is 0 Å². The lowest BCUT2D eigenvalue weighted by Crippen LogP contribution is -2.64. The average Bonchev–Trinajstić information content (AvgIpc) is 3.10. The van der Waals surface area contributed by atoms with Gasteiger partial charge in [-0.1, -0.05) is 53.7 Å². The molecule has 0 amide bonds. The maximum Gasteiger partial charge on any atom is 0.156 e. The number of hydrogen-bond acceptors (Lipinski definition) is 2. The molecule has 0 aliphatic heterocycles. The lowest BCUT2D eigenvalue weighted by Gasteiger charge is -2.71. The fraction of sp³-hybridized carbons (Fsp3) is 0.933. The zero-order valence-corrected chi connectivity index (χ0v) is 22.6. The van der Waals surface area contributed by atoms with Crippen LogP contribution in [0.3, 0.4) is 0 Å². The van der Waals surface area contributed by atoms with Gasteiger partial charge in [-0.2, -0.15) is 0 Å². The Morgan fingerprint density at radius 3 is 1.97 bits per heavy atom. The molecule has 4 fully saturated rings. The average molecular weight is 445 g/mol. The normalized spacial score (nSPS) is 48.6. The van der Waals surface area contributed by atoms with Crippen molar-refractivity contribution in [2.24, 2.45) is 51.2 Å². The van der Waals surface area contributed by atoms with Gasteiger partial charge in [0.15, 0.2) is 6.29 Å². The molecule has 4 rings (SSSR count). The molecular weight excluding hydrogens is 392 g/mol. The van der Waals surface area contributed by atoms with Crippen molar-refractivity contribution in [1.29, 1.82) is 0 Å². The van der Waals surface area contributed by atoms with Gasteiger partial charge < -0.3 is 9.47 Å². The Kier molecular flexibility index (Phi) is 6.50. The molecule has 0 heterocycles. The van der Waals surface area contributed by atoms with Crippen LogP contribution in [-0.2, 0) is 9.47 Å². The predicted molar refractivity (Wildman–Crippen MR) is 134 cm³/mol. The highest BCUT2D eigenvalue weighted by atomic mass is 16.7. The van der Waals surface area contributed by atoms with Crippen molar-refractivity contribution in [2.75, 3.05) is 14.2 Å². The van der Waals surface area contributed by atoms with Crippen molar-refractivity contribution in [1.82, 2.24) is 0 Å². The fourth-order valence-corrected chi connectivity index (χ4v) is 10.6. The highest BCUT2D eigenvalue weighted by molar-refractivity contribution is 5.22. The SMILES string of the molecule is C=C1CCC2C(C)(CCC3(C)C4CCC(C(C)C)C4(C)CCC23C)C1CCC(OC)OC. The van der Waals surface area contributed by atoms with Crippen molar-refractivity contribution in [3.05, 3.63) is 12.2 Å². The maximum atomic E-state index is 5.55. The third-order valence-electron chi connectivity index (χ3n) is 12.5. The molecule has 0 bridgehead atoms. The first-order chi connectivity index (χ1) is 15.0. The first kappa shape index (κ1) is 24.8. The minimum Gasteiger partial charge on any atom is -0.356 e. The Labute approximate surface area is 199 Å². The smallest absolute Gasteiger partial charge is 0.156 e. The van der Waals surface area contributed by atoms with Gasteiger partial charge in [0, 0.05) is 14.2 Å². The zero-order valence-electron chi connectivity index (χ0n) is 22.6. The minimum absolute atomic E-state index is 0.0851. The van der Waals surface area contributed by atoms with Crippen LogP contribution in [0.25, 0.3) is 0 Å². The Balaban J connectivity index is 1.64. The minimum atomic E-state index is -0.0851. The molecule has 0 radical (unpaired) electrons. The largest absolute Gasteiger partial charge is 0.356 e. The highest BCUT2D eigenvalue weighted by Crippen LogP contribution is 2.77. The molecule has 2 nitrogen and oxygen atoms in total. The number of ether oxygens (including phenoxy) is 2. The molecule has 0 spiro atoms. The lowest BCUT2D eigenvalue weighted by molar-refractivity contribution is -0.216. The van der Waals surface area contributed by atoms with Crippen LogP contribution in [0, 0.1) is 51.2 Å². The number of allylic oxidation sites excluding steroid dienone is 1. The highest BCUT2D eigenvalue weighted by Gasteiger charge is 2.69. The first-order valence-corrected chi connectivity index (χ1v) is 13.7. The lowest BCUT2D eigenvalue weighted by atomic mass is 9.33. The summed E-state index contributed by atoms with van der Waals surface area (Å²) >= 11 is 0. The molecule has 2 heteroatoms. The molecule has 0 N–H and O–H groups in total. The summed E-state index contributed by atoms with van der Waals surface area (Å²) in [6.45, 7) is 20.4. The second-order valence-electron chi connectivity index (χ2n) is 13.6. The summed E-state index contributed by atoms with van der Waals surface area (Å²) in [5.74, 6) is 4.07. The molecule has 8 atom stereocenters. The zero-order chi connectivity index (χ0) is 23.5. The van der Waals surface area contributed by atoms with Gasteiger partial charge in [0.25, 0.3) is 0 Å². The summed E-state index contributed by atoms with van der Waals surface area (Å²) in [5.41, 5.74) is 3.37. The molecule has 32 heavy (non-hydrogen) atoms. The standard InChI is InChI=1S/C30H52O2/c1-20(2)22-11-14-25-27(22,4)16-18-29(6)24-13-10-21(3)23(12-15-26(31-8)32-9)28(24,5)17-19-30(25,29)7/h20,22-26H,3,10-19H2,1-2,4-9H3. The van der Waals surface area contributed by atoms with Crippen LogP contribution in [0.4, 0.5) is 0 Å². The molecule has 0 aromatic heterocycles. The Hall–Kier alpha value is -0.340. The van der Waals surface area contributed by atoms with E-state index in [9.17, 15) is 0 Å². The van der Waals surface area contributed by atoms with Gasteiger partial charge in [-0.05, 0) is 115 Å². The van der Waals surface area contributed by atoms with E-state index in [-0.39, 0.29) is 6.29 Å². The van der Waals surface area contributed by atoms with Gasteiger partial charge >= 0.3 is 0 Å². The van der Waals surface area contributed by atoms with Crippen molar-refractivity contribution < 1.29 is 9.47 Å². The summed E-state index contributed by atoms with van der Waals surface area (Å²) in [7, 11) is 3.54. The van der Waals surface area contributed by atoms with Crippen LogP contribution < -0.4 is 0 Å². The van der Waals surface area contributed by atoms with Crippen LogP contribution in [-0.4, -0.2) is 20.5 Å². The van der Waals surface area contributed by atoms with Crippen molar-refractivity contribution >= 4 is 0 Å². The van der Waals surface area contributed by atoms with E-state index in [1.807, 2.05) is 0 Å². The van der Waals surface area contributed by atoms with Gasteiger partial charge in [0.1, 0.15) is 0 Å². The van der Waals surface area contributed by atoms with E-state index in [0.29, 0.717) is 27.6 Å². The predicted octanol–water partition coefficient (Wildman–Crippen LogP) is 8.26. The third kappa shape index (κ3) is 3.32. The molecule has 4 aliphatic rings. The third-order valence-corrected chi connectivity index (χ3v) is 12.5. The monoisotopic (exact) mass is 444 g/mol. The van der Waals surface area contributed by atoms with Gasteiger partial charge in [-0.25, -0.2) is 0 Å². The van der Waals surface area contributed by atoms with Crippen molar-refractivity contribution in [2.45, 2.75) is 112 Å². The Bertz CT molecular complexity index is 710. The fourth-order valence-electron chi connectivity index (χ4n) is 10.6. The molecule has 0 aromatic rings. The number of rotatable bonds is 6. The van der Waals surface area contributed by atoms with E-state index < -0.39 is 0 Å². The topological polar surface area (TPSA) is 18.5 Å². The molecule has 8 unspecified atom stereocenters. The van der Waals surface area contributed by atoms with Crippen LogP contribution in [0.5, 0.6) is 0 Å². The van der Waals surface area contributed by atoms with Gasteiger partial charge in [-0.3, -0.25) is 0 Å². The van der Waals surface area contributed by atoms with Crippen LogP contribution in [0.2, 0.25) is 0 Å². The summed E-state index contributed by atoms with van der Waals surface area (Å²) < 4.78 is 11.1. The molecule has 0 saturated heterocycles. The van der Waals surface area contributed by atoms with Gasteiger partial charge in [-0.15, -0.1) is 0 Å². The number of hydrogen-bond donors (Lipinski definition) is 0. The van der Waals surface area contributed by atoms with E-state index in [2.05, 4.69) is 48.1 Å². The summed E-state index contributed by atoms with van der Waals surface area (Å²) in [4.78, 5) is 0. The number of fused-ring (bicyclic) bond motifs is 5.